The lowest BCUT2D eigenvalue weighted by Crippen LogP contribution is -2.29. The fraction of sp³-hybridized carbons (Fsp3) is 0.286. The van der Waals surface area contributed by atoms with E-state index in [0.717, 1.165) is 51.4 Å². The average Bonchev–Trinajstić information content (AvgIpc) is 3.30. The number of pyridine rings is 1. The lowest BCUT2D eigenvalue weighted by atomic mass is 10.0. The standard InChI is InChI=1S/C28H34N6/c1-5-25(11-9-20(2)29-4)31-21(3)28-26-16-23(10-12-27(26)32-33-28)24-15-22(17-30-18-24)19-34-13-7-6-8-14-34/h5,9-12,15-18,29,31H,2-3,6-8,13-14,19H2,1,4H3,(H,32,33)/b11-9-,25-5+. The molecule has 3 N–H and O–H groups in total. The van der Waals surface area contributed by atoms with E-state index in [4.69, 9.17) is 0 Å². The van der Waals surface area contributed by atoms with E-state index in [1.54, 1.807) is 0 Å². The fourth-order valence-corrected chi connectivity index (χ4v) is 4.25. The number of hydrogen-bond acceptors (Lipinski definition) is 5. The Balaban J connectivity index is 1.55. The Morgan fingerprint density at radius 3 is 2.68 bits per heavy atom. The summed E-state index contributed by atoms with van der Waals surface area (Å²) in [5.41, 5.74) is 7.74. The molecule has 0 bridgehead atoms. The van der Waals surface area contributed by atoms with E-state index in [9.17, 15) is 0 Å². The van der Waals surface area contributed by atoms with Crippen molar-refractivity contribution in [3.05, 3.63) is 90.7 Å². The summed E-state index contributed by atoms with van der Waals surface area (Å²) in [6.07, 6.45) is 13.7. The first-order valence-electron chi connectivity index (χ1n) is 11.9. The largest absolute Gasteiger partial charge is 0.389 e. The molecule has 176 valence electrons. The van der Waals surface area contributed by atoms with Crippen LogP contribution in [0.3, 0.4) is 0 Å². The van der Waals surface area contributed by atoms with Gasteiger partial charge in [-0.25, -0.2) is 0 Å². The highest BCUT2D eigenvalue weighted by molar-refractivity contribution is 5.92. The van der Waals surface area contributed by atoms with Crippen LogP contribution in [0.2, 0.25) is 0 Å². The van der Waals surface area contributed by atoms with Crippen LogP contribution in [-0.4, -0.2) is 40.2 Å². The van der Waals surface area contributed by atoms with Gasteiger partial charge in [0.2, 0.25) is 0 Å². The zero-order valence-corrected chi connectivity index (χ0v) is 20.2. The second-order valence-corrected chi connectivity index (χ2v) is 8.71. The van der Waals surface area contributed by atoms with Crippen LogP contribution >= 0.6 is 0 Å². The molecule has 0 radical (unpaired) electrons. The second kappa shape index (κ2) is 11.0. The Hall–Kier alpha value is -3.64. The van der Waals surface area contributed by atoms with Gasteiger partial charge in [0, 0.05) is 48.3 Å². The number of H-pyrrole nitrogens is 1. The van der Waals surface area contributed by atoms with Gasteiger partial charge < -0.3 is 10.6 Å². The van der Waals surface area contributed by atoms with Gasteiger partial charge in [0.15, 0.2) is 0 Å². The van der Waals surface area contributed by atoms with Gasteiger partial charge in [-0.05, 0) is 74.3 Å². The smallest absolute Gasteiger partial charge is 0.116 e. The van der Waals surface area contributed by atoms with Crippen molar-refractivity contribution in [2.24, 2.45) is 0 Å². The van der Waals surface area contributed by atoms with Crippen LogP contribution < -0.4 is 10.6 Å². The molecule has 3 aromatic rings. The minimum absolute atomic E-state index is 0.730. The van der Waals surface area contributed by atoms with Crippen molar-refractivity contribution in [3.8, 4) is 11.1 Å². The molecule has 1 aliphatic rings. The molecule has 0 unspecified atom stereocenters. The van der Waals surface area contributed by atoms with Crippen molar-refractivity contribution in [1.29, 1.82) is 0 Å². The highest BCUT2D eigenvalue weighted by Gasteiger charge is 2.13. The van der Waals surface area contributed by atoms with Crippen LogP contribution in [0.15, 0.2) is 79.4 Å². The molecule has 0 spiro atoms. The minimum Gasteiger partial charge on any atom is -0.389 e. The van der Waals surface area contributed by atoms with Crippen LogP contribution in [0, 0.1) is 0 Å². The molecule has 2 aromatic heterocycles. The number of aromatic nitrogens is 3. The maximum atomic E-state index is 4.54. The van der Waals surface area contributed by atoms with Crippen molar-refractivity contribution < 1.29 is 0 Å². The third-order valence-corrected chi connectivity index (χ3v) is 6.22. The maximum Gasteiger partial charge on any atom is 0.116 e. The van der Waals surface area contributed by atoms with Crippen LogP contribution in [0.4, 0.5) is 0 Å². The van der Waals surface area contributed by atoms with Gasteiger partial charge in [-0.3, -0.25) is 15.0 Å². The normalized spacial score (nSPS) is 15.1. The molecule has 1 fully saturated rings. The number of benzene rings is 1. The number of aromatic amines is 1. The van der Waals surface area contributed by atoms with Gasteiger partial charge in [0.05, 0.1) is 11.2 Å². The molecule has 34 heavy (non-hydrogen) atoms. The molecule has 6 nitrogen and oxygen atoms in total. The van der Waals surface area contributed by atoms with E-state index in [1.807, 2.05) is 44.6 Å². The Bertz CT molecular complexity index is 1230. The lowest BCUT2D eigenvalue weighted by Gasteiger charge is -2.26. The lowest BCUT2D eigenvalue weighted by molar-refractivity contribution is 0.220. The number of likely N-dealkylation sites (N-methyl/N-ethyl adjacent to an activating group) is 1. The van der Waals surface area contributed by atoms with E-state index in [1.165, 1.54) is 37.9 Å². The zero-order valence-electron chi connectivity index (χ0n) is 20.2. The molecular formula is C28H34N6. The number of nitrogens with one attached hydrogen (secondary N) is 3. The predicted molar refractivity (Wildman–Crippen MR) is 142 cm³/mol. The van der Waals surface area contributed by atoms with Gasteiger partial charge in [0.1, 0.15) is 5.69 Å². The monoisotopic (exact) mass is 454 g/mol. The minimum atomic E-state index is 0.730. The molecule has 3 heterocycles. The first-order valence-corrected chi connectivity index (χ1v) is 11.9. The van der Waals surface area contributed by atoms with Gasteiger partial charge in [-0.15, -0.1) is 0 Å². The van der Waals surface area contributed by atoms with Crippen molar-refractivity contribution in [2.45, 2.75) is 32.7 Å². The number of rotatable bonds is 9. The van der Waals surface area contributed by atoms with E-state index in [0.29, 0.717) is 0 Å². The summed E-state index contributed by atoms with van der Waals surface area (Å²) in [6.45, 7) is 13.5. The summed E-state index contributed by atoms with van der Waals surface area (Å²) in [5, 5.41) is 15.1. The maximum absolute atomic E-state index is 4.54. The first-order chi connectivity index (χ1) is 16.6. The highest BCUT2D eigenvalue weighted by Crippen LogP contribution is 2.28. The Morgan fingerprint density at radius 2 is 1.91 bits per heavy atom. The highest BCUT2D eigenvalue weighted by atomic mass is 15.1. The van der Waals surface area contributed by atoms with Gasteiger partial charge in [-0.1, -0.05) is 31.7 Å². The van der Waals surface area contributed by atoms with Crippen LogP contribution in [-0.2, 0) is 6.54 Å². The molecule has 1 saturated heterocycles. The van der Waals surface area contributed by atoms with Crippen LogP contribution in [0.5, 0.6) is 0 Å². The average molecular weight is 455 g/mol. The van der Waals surface area contributed by atoms with E-state index in [-0.39, 0.29) is 0 Å². The van der Waals surface area contributed by atoms with E-state index in [2.05, 4.69) is 68.1 Å². The summed E-state index contributed by atoms with van der Waals surface area (Å²) in [7, 11) is 1.85. The van der Waals surface area contributed by atoms with Crippen LogP contribution in [0.25, 0.3) is 27.7 Å². The number of allylic oxidation sites excluding steroid dienone is 3. The predicted octanol–water partition coefficient (Wildman–Crippen LogP) is 5.36. The molecule has 0 amide bonds. The van der Waals surface area contributed by atoms with Crippen LogP contribution in [0.1, 0.15) is 37.4 Å². The van der Waals surface area contributed by atoms with Crippen molar-refractivity contribution in [3.63, 3.8) is 0 Å². The SMILES string of the molecule is C=C(/C=C\C(=C/C)NC(=C)c1n[nH]c2ccc(-c3cncc(CN4CCCCC4)c3)cc12)NC. The Kier molecular flexibility index (Phi) is 7.60. The molecule has 0 saturated carbocycles. The van der Waals surface area contributed by atoms with Gasteiger partial charge >= 0.3 is 0 Å². The quantitative estimate of drug-likeness (QED) is 0.380. The molecule has 6 heteroatoms. The third kappa shape index (κ3) is 5.64. The van der Waals surface area contributed by atoms with Crippen molar-refractivity contribution in [1.82, 2.24) is 30.7 Å². The number of nitrogens with zero attached hydrogens (tertiary/aromatic N) is 3. The zero-order chi connectivity index (χ0) is 23.9. The van der Waals surface area contributed by atoms with Crippen molar-refractivity contribution >= 4 is 16.6 Å². The molecule has 0 aliphatic carbocycles. The summed E-state index contributed by atoms with van der Waals surface area (Å²) >= 11 is 0. The number of hydrogen-bond donors (Lipinski definition) is 3. The number of likely N-dealkylation sites (tertiary alicyclic amines) is 1. The summed E-state index contributed by atoms with van der Waals surface area (Å²) in [4.78, 5) is 7.06. The fourth-order valence-electron chi connectivity index (χ4n) is 4.25. The summed E-state index contributed by atoms with van der Waals surface area (Å²) < 4.78 is 0. The Labute approximate surface area is 202 Å². The summed E-state index contributed by atoms with van der Waals surface area (Å²) in [5.74, 6) is 0. The molecule has 1 aliphatic heterocycles. The van der Waals surface area contributed by atoms with Crippen molar-refractivity contribution in [2.75, 3.05) is 20.1 Å². The van der Waals surface area contributed by atoms with E-state index >= 15 is 0 Å². The first kappa shape index (κ1) is 23.5. The second-order valence-electron chi connectivity index (χ2n) is 8.71. The molecular weight excluding hydrogens is 420 g/mol. The Morgan fingerprint density at radius 1 is 1.09 bits per heavy atom. The summed E-state index contributed by atoms with van der Waals surface area (Å²) in [6, 6.07) is 8.61. The van der Waals surface area contributed by atoms with Gasteiger partial charge in [-0.2, -0.15) is 5.10 Å². The topological polar surface area (TPSA) is 68.9 Å². The van der Waals surface area contributed by atoms with E-state index < -0.39 is 0 Å². The third-order valence-electron chi connectivity index (χ3n) is 6.22. The number of piperidine rings is 1. The number of fused-ring (bicyclic) bond motifs is 1. The van der Waals surface area contributed by atoms with Gasteiger partial charge in [0.25, 0.3) is 0 Å². The molecule has 0 atom stereocenters. The molecule has 1 aromatic carbocycles. The molecule has 4 rings (SSSR count).